The Labute approximate surface area is 109 Å². The van der Waals surface area contributed by atoms with Gasteiger partial charge in [0.15, 0.2) is 0 Å². The first-order chi connectivity index (χ1) is 8.50. The number of fused-ring (bicyclic) bond motifs is 1. The van der Waals surface area contributed by atoms with Gasteiger partial charge in [0.25, 0.3) is 0 Å². The smallest absolute Gasteiger partial charge is 0.139 e. The van der Waals surface area contributed by atoms with E-state index in [0.29, 0.717) is 23.9 Å². The van der Waals surface area contributed by atoms with E-state index in [9.17, 15) is 0 Å². The van der Waals surface area contributed by atoms with Gasteiger partial charge in [0, 0.05) is 11.5 Å². The molecule has 1 saturated carbocycles. The summed E-state index contributed by atoms with van der Waals surface area (Å²) in [5.74, 6) is 1.80. The molecule has 1 fully saturated rings. The zero-order chi connectivity index (χ0) is 13.0. The van der Waals surface area contributed by atoms with E-state index < -0.39 is 0 Å². The molecule has 0 amide bonds. The van der Waals surface area contributed by atoms with E-state index in [-0.39, 0.29) is 0 Å². The Balaban J connectivity index is 2.03. The fourth-order valence-electron chi connectivity index (χ4n) is 3.65. The highest BCUT2D eigenvalue weighted by atomic mass is 16.6. The predicted molar refractivity (Wildman–Crippen MR) is 73.9 cm³/mol. The Morgan fingerprint density at radius 1 is 1.00 bits per heavy atom. The Bertz CT molecular complexity index is 509. The summed E-state index contributed by atoms with van der Waals surface area (Å²) < 4.78 is 0. The number of aryl methyl sites for hydroxylation is 3. The number of hydrogen-bond acceptors (Lipinski definition) is 2. The second-order valence-electron chi connectivity index (χ2n) is 6.06. The number of hydrogen-bond donors (Lipinski definition) is 0. The van der Waals surface area contributed by atoms with Crippen LogP contribution in [0.25, 0.3) is 0 Å². The van der Waals surface area contributed by atoms with Crippen molar-refractivity contribution in [2.24, 2.45) is 22.9 Å². The molecule has 1 aliphatic heterocycles. The van der Waals surface area contributed by atoms with Gasteiger partial charge in [0.1, 0.15) is 6.10 Å². The van der Waals surface area contributed by atoms with E-state index in [1.165, 1.54) is 28.0 Å². The molecule has 1 aromatic carbocycles. The van der Waals surface area contributed by atoms with E-state index in [1.54, 1.807) is 0 Å². The molecular formula is C16H21NO. The molecule has 2 aliphatic rings. The van der Waals surface area contributed by atoms with Crippen LogP contribution in [0.1, 0.15) is 36.1 Å². The molecular weight excluding hydrogens is 222 g/mol. The van der Waals surface area contributed by atoms with Gasteiger partial charge in [0.05, 0.1) is 5.71 Å². The average molecular weight is 243 g/mol. The van der Waals surface area contributed by atoms with Gasteiger partial charge in [0.2, 0.25) is 0 Å². The molecule has 18 heavy (non-hydrogen) atoms. The lowest BCUT2D eigenvalue weighted by Crippen LogP contribution is -2.50. The number of nitrogens with zero attached hydrogens (tertiary/aromatic N) is 1. The van der Waals surface area contributed by atoms with E-state index in [1.807, 2.05) is 0 Å². The first kappa shape index (κ1) is 11.8. The second-order valence-corrected chi connectivity index (χ2v) is 6.06. The van der Waals surface area contributed by atoms with Crippen LogP contribution in [0.3, 0.4) is 0 Å². The van der Waals surface area contributed by atoms with Crippen LogP contribution in [0.15, 0.2) is 17.3 Å². The first-order valence-electron chi connectivity index (χ1n) is 6.82. The summed E-state index contributed by atoms with van der Waals surface area (Å²) in [6.07, 6.45) is 0.315. The van der Waals surface area contributed by atoms with E-state index in [4.69, 9.17) is 4.84 Å². The summed E-state index contributed by atoms with van der Waals surface area (Å²) >= 11 is 0. The minimum Gasteiger partial charge on any atom is -0.391 e. The maximum atomic E-state index is 5.63. The Morgan fingerprint density at radius 2 is 1.61 bits per heavy atom. The van der Waals surface area contributed by atoms with Crippen molar-refractivity contribution in [1.29, 1.82) is 0 Å². The standard InChI is InChI=1S/C16H21NO/c1-8-6-9(2)13(10(3)7-8)15-14-11(4)12(5)16(14)18-17-15/h6-7,11-12,14,16H,1-5H3/t11-,12+,14-,16-/m0/s1. The van der Waals surface area contributed by atoms with E-state index in [0.717, 1.165) is 0 Å². The largest absolute Gasteiger partial charge is 0.391 e. The van der Waals surface area contributed by atoms with E-state index >= 15 is 0 Å². The highest BCUT2D eigenvalue weighted by Gasteiger charge is 2.53. The quantitative estimate of drug-likeness (QED) is 0.738. The van der Waals surface area contributed by atoms with Crippen LogP contribution >= 0.6 is 0 Å². The Hall–Kier alpha value is -1.31. The van der Waals surface area contributed by atoms with Gasteiger partial charge in [-0.2, -0.15) is 0 Å². The summed E-state index contributed by atoms with van der Waals surface area (Å²) in [6, 6.07) is 4.48. The number of benzene rings is 1. The zero-order valence-electron chi connectivity index (χ0n) is 11.8. The molecule has 0 spiro atoms. The molecule has 0 bridgehead atoms. The van der Waals surface area contributed by atoms with Crippen LogP contribution in [0.5, 0.6) is 0 Å². The fraction of sp³-hybridized carbons (Fsp3) is 0.562. The molecule has 0 saturated heterocycles. The van der Waals surface area contributed by atoms with Crippen LogP contribution in [0, 0.1) is 38.5 Å². The van der Waals surface area contributed by atoms with Gasteiger partial charge < -0.3 is 4.84 Å². The molecule has 0 radical (unpaired) electrons. The number of rotatable bonds is 1. The second kappa shape index (κ2) is 3.84. The molecule has 4 atom stereocenters. The number of oxime groups is 1. The van der Waals surface area contributed by atoms with Crippen molar-refractivity contribution in [1.82, 2.24) is 0 Å². The van der Waals surface area contributed by atoms with Gasteiger partial charge in [-0.3, -0.25) is 0 Å². The van der Waals surface area contributed by atoms with Crippen LogP contribution in [0.4, 0.5) is 0 Å². The van der Waals surface area contributed by atoms with E-state index in [2.05, 4.69) is 51.9 Å². The third-order valence-corrected chi connectivity index (χ3v) is 4.79. The Kier molecular flexibility index (Phi) is 2.51. The lowest BCUT2D eigenvalue weighted by atomic mass is 9.61. The van der Waals surface area contributed by atoms with Gasteiger partial charge in [-0.25, -0.2) is 0 Å². The summed E-state index contributed by atoms with van der Waals surface area (Å²) in [6.45, 7) is 11.1. The molecule has 1 aliphatic carbocycles. The highest BCUT2D eigenvalue weighted by molar-refractivity contribution is 6.06. The lowest BCUT2D eigenvalue weighted by molar-refractivity contribution is -0.0758. The molecule has 2 heteroatoms. The summed E-state index contributed by atoms with van der Waals surface area (Å²) in [4.78, 5) is 5.63. The molecule has 2 nitrogen and oxygen atoms in total. The van der Waals surface area contributed by atoms with Crippen molar-refractivity contribution < 1.29 is 4.84 Å². The van der Waals surface area contributed by atoms with Crippen LogP contribution in [-0.2, 0) is 4.84 Å². The minimum atomic E-state index is 0.315. The van der Waals surface area contributed by atoms with Crippen molar-refractivity contribution in [2.75, 3.05) is 0 Å². The van der Waals surface area contributed by atoms with Crippen molar-refractivity contribution in [3.63, 3.8) is 0 Å². The van der Waals surface area contributed by atoms with Gasteiger partial charge in [-0.05, 0) is 43.7 Å². The van der Waals surface area contributed by atoms with Crippen LogP contribution in [0.2, 0.25) is 0 Å². The van der Waals surface area contributed by atoms with Gasteiger partial charge in [-0.15, -0.1) is 0 Å². The maximum Gasteiger partial charge on any atom is 0.139 e. The molecule has 1 aromatic rings. The zero-order valence-corrected chi connectivity index (χ0v) is 11.8. The normalized spacial score (nSPS) is 33.5. The summed E-state index contributed by atoms with van der Waals surface area (Å²) in [5, 5.41) is 4.40. The SMILES string of the molecule is Cc1cc(C)c(C2=NO[C@H]3[C@H](C)[C@H](C)[C@@H]23)c(C)c1. The van der Waals surface area contributed by atoms with Crippen LogP contribution in [-0.4, -0.2) is 11.8 Å². The topological polar surface area (TPSA) is 21.6 Å². The van der Waals surface area contributed by atoms with Gasteiger partial charge >= 0.3 is 0 Å². The van der Waals surface area contributed by atoms with Crippen molar-refractivity contribution in [3.8, 4) is 0 Å². The molecule has 0 unspecified atom stereocenters. The van der Waals surface area contributed by atoms with Gasteiger partial charge in [-0.1, -0.05) is 36.7 Å². The van der Waals surface area contributed by atoms with Crippen molar-refractivity contribution >= 4 is 5.71 Å². The highest BCUT2D eigenvalue weighted by Crippen LogP contribution is 2.48. The Morgan fingerprint density at radius 3 is 2.22 bits per heavy atom. The maximum absolute atomic E-state index is 5.63. The third-order valence-electron chi connectivity index (χ3n) is 4.79. The minimum absolute atomic E-state index is 0.315. The molecule has 96 valence electrons. The third kappa shape index (κ3) is 1.44. The summed E-state index contributed by atoms with van der Waals surface area (Å²) in [5.41, 5.74) is 6.46. The van der Waals surface area contributed by atoms with Crippen molar-refractivity contribution in [2.45, 2.75) is 40.7 Å². The molecule has 0 aromatic heterocycles. The average Bonchev–Trinajstić information content (AvgIpc) is 2.67. The molecule has 3 rings (SSSR count). The molecule has 1 heterocycles. The van der Waals surface area contributed by atoms with Crippen molar-refractivity contribution in [3.05, 3.63) is 34.4 Å². The fourth-order valence-corrected chi connectivity index (χ4v) is 3.65. The molecule has 0 N–H and O–H groups in total. The van der Waals surface area contributed by atoms with Crippen LogP contribution < -0.4 is 0 Å². The predicted octanol–water partition coefficient (Wildman–Crippen LogP) is 3.62. The summed E-state index contributed by atoms with van der Waals surface area (Å²) in [7, 11) is 0. The lowest BCUT2D eigenvalue weighted by Gasteiger charge is -2.43. The monoisotopic (exact) mass is 243 g/mol. The first-order valence-corrected chi connectivity index (χ1v) is 6.82.